The number of nitrogens with one attached hydrogen (secondary N) is 2. The van der Waals surface area contributed by atoms with Crippen molar-refractivity contribution in [3.05, 3.63) is 70.0 Å². The third-order valence-electron chi connectivity index (χ3n) is 4.94. The summed E-state index contributed by atoms with van der Waals surface area (Å²) in [6.45, 7) is 0.577. The molecule has 2 aromatic carbocycles. The molecule has 0 radical (unpaired) electrons. The van der Waals surface area contributed by atoms with Crippen LogP contribution in [0.4, 0.5) is 5.69 Å². The van der Waals surface area contributed by atoms with Crippen molar-refractivity contribution >= 4 is 22.5 Å². The average molecular weight is 393 g/mol. The number of aromatic amines is 1. The number of nitrogens with zero attached hydrogens (tertiary/aromatic N) is 1. The molecule has 0 spiro atoms. The van der Waals surface area contributed by atoms with Gasteiger partial charge >= 0.3 is 0 Å². The molecule has 0 saturated carbocycles. The van der Waals surface area contributed by atoms with Crippen LogP contribution < -0.4 is 20.5 Å². The third-order valence-corrected chi connectivity index (χ3v) is 4.94. The van der Waals surface area contributed by atoms with Crippen LogP contribution in [0.25, 0.3) is 10.9 Å². The fourth-order valence-corrected chi connectivity index (χ4v) is 3.18. The Kier molecular flexibility index (Phi) is 6.54. The SMILES string of the molecule is COc1ccc2cc(CCC(=O)NCCc3ccc(N(C)C)cc3)c(=O)[nH]c2c1. The minimum absolute atomic E-state index is 0.0517. The van der Waals surface area contributed by atoms with Gasteiger partial charge in [0, 0.05) is 44.4 Å². The van der Waals surface area contributed by atoms with Gasteiger partial charge in [-0.15, -0.1) is 0 Å². The lowest BCUT2D eigenvalue weighted by Gasteiger charge is -2.12. The van der Waals surface area contributed by atoms with Crippen LogP contribution in [-0.2, 0) is 17.6 Å². The standard InChI is InChI=1S/C23H27N3O3/c1-26(2)19-8-4-16(5-9-19)12-13-24-22(27)11-7-18-14-17-6-10-20(29-3)15-21(17)25-23(18)28/h4-6,8-10,14-15H,7,11-13H2,1-3H3,(H,24,27)(H,25,28). The lowest BCUT2D eigenvalue weighted by atomic mass is 10.1. The Morgan fingerprint density at radius 2 is 1.83 bits per heavy atom. The molecule has 0 unspecified atom stereocenters. The first-order valence-electron chi connectivity index (χ1n) is 9.69. The Bertz CT molecular complexity index is 1040. The normalized spacial score (nSPS) is 10.7. The van der Waals surface area contributed by atoms with Gasteiger partial charge in [-0.1, -0.05) is 12.1 Å². The van der Waals surface area contributed by atoms with Crippen molar-refractivity contribution in [3.63, 3.8) is 0 Å². The van der Waals surface area contributed by atoms with Gasteiger partial charge in [0.2, 0.25) is 5.91 Å². The lowest BCUT2D eigenvalue weighted by Crippen LogP contribution is -2.26. The first kappa shape index (κ1) is 20.5. The van der Waals surface area contributed by atoms with Crippen molar-refractivity contribution in [1.82, 2.24) is 10.3 Å². The molecule has 3 rings (SSSR count). The Hall–Kier alpha value is -3.28. The van der Waals surface area contributed by atoms with E-state index in [1.54, 1.807) is 13.2 Å². The van der Waals surface area contributed by atoms with E-state index in [-0.39, 0.29) is 17.9 Å². The highest BCUT2D eigenvalue weighted by molar-refractivity contribution is 5.81. The van der Waals surface area contributed by atoms with Crippen molar-refractivity contribution in [2.75, 3.05) is 32.6 Å². The number of anilines is 1. The van der Waals surface area contributed by atoms with Crippen molar-refractivity contribution in [3.8, 4) is 5.75 Å². The van der Waals surface area contributed by atoms with Crippen LogP contribution in [-0.4, -0.2) is 38.6 Å². The summed E-state index contributed by atoms with van der Waals surface area (Å²) in [4.78, 5) is 29.4. The monoisotopic (exact) mass is 393 g/mol. The number of amides is 1. The second-order valence-corrected chi connectivity index (χ2v) is 7.24. The summed E-state index contributed by atoms with van der Waals surface area (Å²) in [7, 11) is 5.60. The molecule has 3 aromatic rings. The number of H-pyrrole nitrogens is 1. The molecule has 0 saturated heterocycles. The maximum absolute atomic E-state index is 12.3. The molecule has 1 heterocycles. The maximum Gasteiger partial charge on any atom is 0.251 e. The molecule has 0 aliphatic carbocycles. The molecule has 0 aliphatic heterocycles. The molecule has 1 aromatic heterocycles. The highest BCUT2D eigenvalue weighted by Crippen LogP contribution is 2.18. The lowest BCUT2D eigenvalue weighted by molar-refractivity contribution is -0.121. The summed E-state index contributed by atoms with van der Waals surface area (Å²) in [5, 5.41) is 3.85. The van der Waals surface area contributed by atoms with Gasteiger partial charge in [-0.3, -0.25) is 9.59 Å². The zero-order chi connectivity index (χ0) is 20.8. The summed E-state index contributed by atoms with van der Waals surface area (Å²) >= 11 is 0. The zero-order valence-corrected chi connectivity index (χ0v) is 17.1. The van der Waals surface area contributed by atoms with Crippen LogP contribution in [0.2, 0.25) is 0 Å². The van der Waals surface area contributed by atoms with E-state index in [1.165, 1.54) is 5.56 Å². The Balaban J connectivity index is 1.51. The number of hydrogen-bond acceptors (Lipinski definition) is 4. The predicted octanol–water partition coefficient (Wildman–Crippen LogP) is 2.89. The highest BCUT2D eigenvalue weighted by Gasteiger charge is 2.08. The first-order valence-corrected chi connectivity index (χ1v) is 9.69. The molecule has 0 fully saturated rings. The fraction of sp³-hybridized carbons (Fsp3) is 0.304. The number of benzene rings is 2. The molecule has 0 aliphatic rings. The number of aromatic nitrogens is 1. The summed E-state index contributed by atoms with van der Waals surface area (Å²) in [5.74, 6) is 0.640. The van der Waals surface area contributed by atoms with Gasteiger partial charge in [-0.05, 0) is 54.1 Å². The largest absolute Gasteiger partial charge is 0.497 e. The number of ether oxygens (including phenoxy) is 1. The Morgan fingerprint density at radius 3 is 2.52 bits per heavy atom. The Labute approximate surface area is 170 Å². The van der Waals surface area contributed by atoms with Crippen molar-refractivity contribution < 1.29 is 9.53 Å². The fourth-order valence-electron chi connectivity index (χ4n) is 3.18. The smallest absolute Gasteiger partial charge is 0.251 e. The summed E-state index contributed by atoms with van der Waals surface area (Å²) in [5.41, 5.74) is 3.49. The molecule has 0 bridgehead atoms. The second kappa shape index (κ2) is 9.28. The number of carbonyl (C=O) groups is 1. The number of hydrogen-bond donors (Lipinski definition) is 2. The van der Waals surface area contributed by atoms with Crippen molar-refractivity contribution in [2.24, 2.45) is 0 Å². The van der Waals surface area contributed by atoms with E-state index in [2.05, 4.69) is 39.5 Å². The van der Waals surface area contributed by atoms with E-state index in [0.29, 0.717) is 24.3 Å². The second-order valence-electron chi connectivity index (χ2n) is 7.24. The minimum Gasteiger partial charge on any atom is -0.497 e. The average Bonchev–Trinajstić information content (AvgIpc) is 2.72. The number of rotatable bonds is 8. The third kappa shape index (κ3) is 5.38. The van der Waals surface area contributed by atoms with Gasteiger partial charge in [0.25, 0.3) is 5.56 Å². The van der Waals surface area contributed by atoms with Gasteiger partial charge in [-0.25, -0.2) is 0 Å². The van der Waals surface area contributed by atoms with Crippen LogP contribution in [0.15, 0.2) is 53.3 Å². The highest BCUT2D eigenvalue weighted by atomic mass is 16.5. The van der Waals surface area contributed by atoms with E-state index in [9.17, 15) is 9.59 Å². The van der Waals surface area contributed by atoms with E-state index >= 15 is 0 Å². The first-order chi connectivity index (χ1) is 14.0. The number of pyridine rings is 1. The van der Waals surface area contributed by atoms with Crippen LogP contribution in [0.1, 0.15) is 17.5 Å². The molecule has 29 heavy (non-hydrogen) atoms. The number of fused-ring (bicyclic) bond motifs is 1. The predicted molar refractivity (Wildman–Crippen MR) is 117 cm³/mol. The number of aryl methyl sites for hydroxylation is 1. The zero-order valence-electron chi connectivity index (χ0n) is 17.1. The molecular weight excluding hydrogens is 366 g/mol. The number of methoxy groups -OCH3 is 1. The van der Waals surface area contributed by atoms with Crippen molar-refractivity contribution in [1.29, 1.82) is 0 Å². The molecule has 6 heteroatoms. The van der Waals surface area contributed by atoms with Gasteiger partial charge in [-0.2, -0.15) is 0 Å². The van der Waals surface area contributed by atoms with Crippen molar-refractivity contribution in [2.45, 2.75) is 19.3 Å². The summed E-state index contributed by atoms with van der Waals surface area (Å²) in [6.07, 6.45) is 1.46. The molecule has 1 amide bonds. The maximum atomic E-state index is 12.3. The summed E-state index contributed by atoms with van der Waals surface area (Å²) < 4.78 is 5.18. The van der Waals surface area contributed by atoms with Crippen LogP contribution in [0.5, 0.6) is 5.75 Å². The number of carbonyl (C=O) groups excluding carboxylic acids is 1. The van der Waals surface area contributed by atoms with E-state index < -0.39 is 0 Å². The molecule has 6 nitrogen and oxygen atoms in total. The molecule has 152 valence electrons. The van der Waals surface area contributed by atoms with Crippen LogP contribution in [0.3, 0.4) is 0 Å². The quantitative estimate of drug-likeness (QED) is 0.617. The van der Waals surface area contributed by atoms with E-state index in [1.807, 2.05) is 32.3 Å². The van der Waals surface area contributed by atoms with Gasteiger partial charge in [0.1, 0.15) is 5.75 Å². The topological polar surface area (TPSA) is 74.4 Å². The van der Waals surface area contributed by atoms with Gasteiger partial charge in [0.05, 0.1) is 12.6 Å². The van der Waals surface area contributed by atoms with Crippen LogP contribution in [0, 0.1) is 0 Å². The van der Waals surface area contributed by atoms with Gasteiger partial charge in [0.15, 0.2) is 0 Å². The molecule has 0 atom stereocenters. The summed E-state index contributed by atoms with van der Waals surface area (Å²) in [6, 6.07) is 15.7. The minimum atomic E-state index is -0.167. The van der Waals surface area contributed by atoms with E-state index in [4.69, 9.17) is 4.74 Å². The molecular formula is C23H27N3O3. The Morgan fingerprint density at radius 1 is 1.07 bits per heavy atom. The molecule has 2 N–H and O–H groups in total. The van der Waals surface area contributed by atoms with E-state index in [0.717, 1.165) is 23.0 Å². The van der Waals surface area contributed by atoms with Crippen LogP contribution >= 0.6 is 0 Å². The van der Waals surface area contributed by atoms with Gasteiger partial charge < -0.3 is 19.9 Å².